The standard InChI is InChI=1S/C20H25NO3/c1-12(20-8-13-4-14(9-20)6-15(5-13)10-20)21-19(22)16-2-3-17-18(7-16)24-11-23-17/h2-3,7,12-15H,4-6,8-11H2,1H3,(H,21,22). The van der Waals surface area contributed by atoms with Crippen molar-refractivity contribution < 1.29 is 14.3 Å². The van der Waals surface area contributed by atoms with Crippen LogP contribution in [0.4, 0.5) is 0 Å². The fraction of sp³-hybridized carbons (Fsp3) is 0.650. The number of carbonyl (C=O) groups is 1. The summed E-state index contributed by atoms with van der Waals surface area (Å²) in [5.74, 6) is 4.12. The maximum atomic E-state index is 12.7. The minimum absolute atomic E-state index is 0.0107. The fourth-order valence-corrected chi connectivity index (χ4v) is 6.18. The molecule has 1 aliphatic heterocycles. The molecule has 4 nitrogen and oxygen atoms in total. The highest BCUT2D eigenvalue weighted by atomic mass is 16.7. The zero-order valence-electron chi connectivity index (χ0n) is 14.2. The van der Waals surface area contributed by atoms with E-state index >= 15 is 0 Å². The molecule has 1 atom stereocenters. The number of nitrogens with one attached hydrogen (secondary N) is 1. The molecule has 24 heavy (non-hydrogen) atoms. The van der Waals surface area contributed by atoms with E-state index in [9.17, 15) is 4.79 Å². The summed E-state index contributed by atoms with van der Waals surface area (Å²) in [5, 5.41) is 3.31. The van der Waals surface area contributed by atoms with Crippen LogP contribution in [0.1, 0.15) is 55.8 Å². The van der Waals surface area contributed by atoms with Crippen molar-refractivity contribution in [2.24, 2.45) is 23.2 Å². The van der Waals surface area contributed by atoms with Gasteiger partial charge in [0.15, 0.2) is 11.5 Å². The van der Waals surface area contributed by atoms with E-state index in [4.69, 9.17) is 9.47 Å². The van der Waals surface area contributed by atoms with Gasteiger partial charge in [0.2, 0.25) is 6.79 Å². The highest BCUT2D eigenvalue weighted by Gasteiger charge is 2.53. The second-order valence-corrected chi connectivity index (χ2v) is 8.54. The molecular formula is C20H25NO3. The molecule has 4 heteroatoms. The summed E-state index contributed by atoms with van der Waals surface area (Å²) >= 11 is 0. The second-order valence-electron chi connectivity index (χ2n) is 8.54. The Morgan fingerprint density at radius 3 is 2.38 bits per heavy atom. The van der Waals surface area contributed by atoms with E-state index in [0.29, 0.717) is 16.7 Å². The van der Waals surface area contributed by atoms with Crippen molar-refractivity contribution in [3.63, 3.8) is 0 Å². The fourth-order valence-electron chi connectivity index (χ4n) is 6.18. The van der Waals surface area contributed by atoms with Crippen LogP contribution in [0.5, 0.6) is 11.5 Å². The number of carbonyl (C=O) groups excluding carboxylic acids is 1. The highest BCUT2D eigenvalue weighted by Crippen LogP contribution is 2.61. The molecule has 4 fully saturated rings. The first-order valence-electron chi connectivity index (χ1n) is 9.32. The zero-order chi connectivity index (χ0) is 16.3. The lowest BCUT2D eigenvalue weighted by atomic mass is 9.48. The van der Waals surface area contributed by atoms with Crippen LogP contribution in [0.3, 0.4) is 0 Å². The molecule has 1 amide bonds. The first-order chi connectivity index (χ1) is 11.6. The Hall–Kier alpha value is -1.71. The van der Waals surface area contributed by atoms with Crippen molar-refractivity contribution in [2.75, 3.05) is 6.79 Å². The molecule has 128 valence electrons. The molecule has 4 bridgehead atoms. The number of hydrogen-bond donors (Lipinski definition) is 1. The lowest BCUT2D eigenvalue weighted by Crippen LogP contribution is -2.55. The molecule has 1 N–H and O–H groups in total. The van der Waals surface area contributed by atoms with Gasteiger partial charge in [0.25, 0.3) is 5.91 Å². The molecule has 6 rings (SSSR count). The number of hydrogen-bond acceptors (Lipinski definition) is 3. The van der Waals surface area contributed by atoms with Gasteiger partial charge in [0.05, 0.1) is 0 Å². The lowest BCUT2D eigenvalue weighted by Gasteiger charge is -2.59. The Morgan fingerprint density at radius 1 is 1.08 bits per heavy atom. The third-order valence-electron chi connectivity index (χ3n) is 6.99. The van der Waals surface area contributed by atoms with Crippen LogP contribution in [0.25, 0.3) is 0 Å². The summed E-state index contributed by atoms with van der Waals surface area (Å²) in [4.78, 5) is 12.7. The molecule has 1 unspecified atom stereocenters. The smallest absolute Gasteiger partial charge is 0.251 e. The third kappa shape index (κ3) is 2.22. The minimum Gasteiger partial charge on any atom is -0.454 e. The largest absolute Gasteiger partial charge is 0.454 e. The molecule has 1 aromatic carbocycles. The predicted octanol–water partition coefficient (Wildman–Crippen LogP) is 3.75. The quantitative estimate of drug-likeness (QED) is 0.920. The molecule has 1 aromatic rings. The summed E-state index contributed by atoms with van der Waals surface area (Å²) in [6.45, 7) is 2.46. The average molecular weight is 327 g/mol. The molecule has 4 aliphatic carbocycles. The Labute approximate surface area is 142 Å². The van der Waals surface area contributed by atoms with E-state index in [2.05, 4.69) is 12.2 Å². The molecule has 0 spiro atoms. The van der Waals surface area contributed by atoms with Gasteiger partial charge in [-0.1, -0.05) is 0 Å². The Morgan fingerprint density at radius 2 is 1.71 bits per heavy atom. The maximum absolute atomic E-state index is 12.7. The van der Waals surface area contributed by atoms with Gasteiger partial charge in [0, 0.05) is 11.6 Å². The summed E-state index contributed by atoms with van der Waals surface area (Å²) in [6, 6.07) is 5.69. The van der Waals surface area contributed by atoms with Gasteiger partial charge >= 0.3 is 0 Å². The van der Waals surface area contributed by atoms with Crippen molar-refractivity contribution >= 4 is 5.91 Å². The summed E-state index contributed by atoms with van der Waals surface area (Å²) in [5.41, 5.74) is 0.997. The van der Waals surface area contributed by atoms with Crippen LogP contribution in [0.2, 0.25) is 0 Å². The number of amides is 1. The zero-order valence-corrected chi connectivity index (χ0v) is 14.2. The van der Waals surface area contributed by atoms with Crippen LogP contribution in [-0.4, -0.2) is 18.7 Å². The van der Waals surface area contributed by atoms with E-state index in [1.54, 1.807) is 6.07 Å². The van der Waals surface area contributed by atoms with Crippen molar-refractivity contribution in [1.82, 2.24) is 5.32 Å². The summed E-state index contributed by atoms with van der Waals surface area (Å²) in [6.07, 6.45) is 8.22. The van der Waals surface area contributed by atoms with Crippen LogP contribution in [0.15, 0.2) is 18.2 Å². The summed E-state index contributed by atoms with van der Waals surface area (Å²) in [7, 11) is 0. The molecular weight excluding hydrogens is 302 g/mol. The Balaban J connectivity index is 1.33. The summed E-state index contributed by atoms with van der Waals surface area (Å²) < 4.78 is 10.7. The van der Waals surface area contributed by atoms with Crippen LogP contribution < -0.4 is 14.8 Å². The first kappa shape index (κ1) is 14.6. The lowest BCUT2D eigenvalue weighted by molar-refractivity contribution is -0.0688. The van der Waals surface area contributed by atoms with E-state index in [0.717, 1.165) is 23.5 Å². The number of benzene rings is 1. The number of fused-ring (bicyclic) bond motifs is 1. The molecule has 1 heterocycles. The van der Waals surface area contributed by atoms with Gasteiger partial charge in [-0.2, -0.15) is 0 Å². The van der Waals surface area contributed by atoms with E-state index in [1.807, 2.05) is 12.1 Å². The minimum atomic E-state index is 0.0107. The van der Waals surface area contributed by atoms with E-state index < -0.39 is 0 Å². The molecule has 0 saturated heterocycles. The predicted molar refractivity (Wildman–Crippen MR) is 90.1 cm³/mol. The molecule has 0 aromatic heterocycles. The van der Waals surface area contributed by atoms with E-state index in [1.165, 1.54) is 38.5 Å². The van der Waals surface area contributed by atoms with Gasteiger partial charge in [-0.05, 0) is 86.8 Å². The van der Waals surface area contributed by atoms with Gasteiger partial charge in [-0.3, -0.25) is 4.79 Å². The second kappa shape index (κ2) is 5.14. The van der Waals surface area contributed by atoms with E-state index in [-0.39, 0.29) is 18.7 Å². The van der Waals surface area contributed by atoms with Gasteiger partial charge in [-0.25, -0.2) is 0 Å². The van der Waals surface area contributed by atoms with Crippen molar-refractivity contribution in [2.45, 2.75) is 51.5 Å². The molecule has 4 saturated carbocycles. The van der Waals surface area contributed by atoms with Crippen LogP contribution in [0, 0.1) is 23.2 Å². The van der Waals surface area contributed by atoms with Gasteiger partial charge < -0.3 is 14.8 Å². The Kier molecular flexibility index (Phi) is 3.13. The van der Waals surface area contributed by atoms with Gasteiger partial charge in [-0.15, -0.1) is 0 Å². The van der Waals surface area contributed by atoms with Crippen molar-refractivity contribution in [1.29, 1.82) is 0 Å². The topological polar surface area (TPSA) is 47.6 Å². The normalized spacial score (nSPS) is 36.6. The number of ether oxygens (including phenoxy) is 2. The number of rotatable bonds is 3. The van der Waals surface area contributed by atoms with Crippen molar-refractivity contribution in [3.8, 4) is 11.5 Å². The Bertz CT molecular complexity index is 648. The highest BCUT2D eigenvalue weighted by molar-refractivity contribution is 5.95. The van der Waals surface area contributed by atoms with Gasteiger partial charge in [0.1, 0.15) is 0 Å². The SMILES string of the molecule is CC(NC(=O)c1ccc2c(c1)OCO2)C12CC3CC(CC(C3)C1)C2. The first-order valence-corrected chi connectivity index (χ1v) is 9.32. The third-order valence-corrected chi connectivity index (χ3v) is 6.99. The molecule has 5 aliphatic rings. The maximum Gasteiger partial charge on any atom is 0.251 e. The van der Waals surface area contributed by atoms with Crippen molar-refractivity contribution in [3.05, 3.63) is 23.8 Å². The average Bonchev–Trinajstić information content (AvgIpc) is 3.01. The van der Waals surface area contributed by atoms with Crippen LogP contribution >= 0.6 is 0 Å². The monoisotopic (exact) mass is 327 g/mol. The molecule has 0 radical (unpaired) electrons. The van der Waals surface area contributed by atoms with Crippen LogP contribution in [-0.2, 0) is 0 Å².